The lowest BCUT2D eigenvalue weighted by atomic mass is 10.0. The Hall–Kier alpha value is -3.28. The molecule has 0 saturated heterocycles. The van der Waals surface area contributed by atoms with Gasteiger partial charge in [-0.15, -0.1) is 0 Å². The summed E-state index contributed by atoms with van der Waals surface area (Å²) in [6.45, 7) is 1.26. The molecule has 186 valence electrons. The van der Waals surface area contributed by atoms with Crippen LogP contribution in [0.15, 0.2) is 53.8 Å². The molecule has 1 aromatic heterocycles. The third-order valence-corrected chi connectivity index (χ3v) is 5.42. The second-order valence-corrected chi connectivity index (χ2v) is 8.29. The van der Waals surface area contributed by atoms with Gasteiger partial charge < -0.3 is 9.64 Å². The van der Waals surface area contributed by atoms with Crippen LogP contribution < -0.4 is 4.74 Å². The van der Waals surface area contributed by atoms with Gasteiger partial charge in [0, 0.05) is 19.8 Å². The maximum absolute atomic E-state index is 13.2. The molecular formula is C23H19F6N3O2S. The van der Waals surface area contributed by atoms with Crippen molar-refractivity contribution >= 4 is 17.7 Å². The summed E-state index contributed by atoms with van der Waals surface area (Å²) in [4.78, 5) is 22.4. The van der Waals surface area contributed by atoms with Gasteiger partial charge in [-0.3, -0.25) is 4.79 Å². The van der Waals surface area contributed by atoms with Crippen LogP contribution in [0.2, 0.25) is 0 Å². The van der Waals surface area contributed by atoms with Gasteiger partial charge >= 0.3 is 12.4 Å². The largest absolute Gasteiger partial charge is 0.438 e. The minimum Gasteiger partial charge on any atom is -0.438 e. The van der Waals surface area contributed by atoms with Crippen molar-refractivity contribution in [2.75, 3.05) is 13.3 Å². The van der Waals surface area contributed by atoms with Crippen LogP contribution in [-0.2, 0) is 18.9 Å². The zero-order valence-electron chi connectivity index (χ0n) is 18.7. The normalized spacial score (nSPS) is 11.9. The second-order valence-electron chi connectivity index (χ2n) is 7.52. The van der Waals surface area contributed by atoms with Crippen LogP contribution in [0.5, 0.6) is 11.6 Å². The molecule has 0 radical (unpaired) electrons. The standard InChI is InChI=1S/C23H19F6N3O2S/c1-13-6-4-5-7-18(13)34-19-17(11-30-21(31-19)35-3)20(33)32(2)12-14-8-15(22(24,25)26)10-16(9-14)23(27,28)29/h4-11H,12H2,1-3H3. The number of thioether (sulfide) groups is 1. The molecule has 1 heterocycles. The molecule has 3 aromatic rings. The Kier molecular flexibility index (Phi) is 7.63. The second kappa shape index (κ2) is 10.1. The molecule has 0 unspecified atom stereocenters. The van der Waals surface area contributed by atoms with E-state index in [1.54, 1.807) is 37.4 Å². The summed E-state index contributed by atoms with van der Waals surface area (Å²) in [5.74, 6) is -0.412. The number of aryl methyl sites for hydroxylation is 1. The quantitative estimate of drug-likeness (QED) is 0.210. The van der Waals surface area contributed by atoms with Crippen molar-refractivity contribution in [1.82, 2.24) is 14.9 Å². The number of halogens is 6. The zero-order valence-corrected chi connectivity index (χ0v) is 19.5. The van der Waals surface area contributed by atoms with Crippen molar-refractivity contribution in [3.8, 4) is 11.6 Å². The average molecular weight is 515 g/mol. The van der Waals surface area contributed by atoms with E-state index in [1.165, 1.54) is 25.0 Å². The summed E-state index contributed by atoms with van der Waals surface area (Å²) in [7, 11) is 1.25. The maximum atomic E-state index is 13.2. The van der Waals surface area contributed by atoms with E-state index in [-0.39, 0.29) is 23.1 Å². The Labute approximate surface area is 201 Å². The molecule has 1 amide bonds. The molecule has 2 aromatic carbocycles. The van der Waals surface area contributed by atoms with Crippen molar-refractivity contribution in [2.24, 2.45) is 0 Å². The molecule has 0 aliphatic heterocycles. The van der Waals surface area contributed by atoms with Gasteiger partial charge in [0.15, 0.2) is 5.16 Å². The molecular weight excluding hydrogens is 496 g/mol. The van der Waals surface area contributed by atoms with Crippen LogP contribution in [0.3, 0.4) is 0 Å². The van der Waals surface area contributed by atoms with Crippen LogP contribution >= 0.6 is 11.8 Å². The Morgan fingerprint density at radius 2 is 1.63 bits per heavy atom. The van der Waals surface area contributed by atoms with Crippen LogP contribution in [0.1, 0.15) is 32.6 Å². The highest BCUT2D eigenvalue weighted by Crippen LogP contribution is 2.37. The number of ether oxygens (including phenoxy) is 1. The van der Waals surface area contributed by atoms with Gasteiger partial charge in [0.25, 0.3) is 5.91 Å². The molecule has 0 aliphatic carbocycles. The molecule has 0 N–H and O–H groups in total. The Bertz CT molecular complexity index is 1200. The Morgan fingerprint density at radius 3 is 2.17 bits per heavy atom. The number of benzene rings is 2. The lowest BCUT2D eigenvalue weighted by Gasteiger charge is -2.21. The summed E-state index contributed by atoms with van der Waals surface area (Å²) >= 11 is 1.20. The summed E-state index contributed by atoms with van der Waals surface area (Å²) < 4.78 is 84.9. The Morgan fingerprint density at radius 1 is 1.03 bits per heavy atom. The number of amides is 1. The number of carbonyl (C=O) groups excluding carboxylic acids is 1. The predicted molar refractivity (Wildman–Crippen MR) is 117 cm³/mol. The summed E-state index contributed by atoms with van der Waals surface area (Å²) in [5.41, 5.74) is -2.60. The lowest BCUT2D eigenvalue weighted by molar-refractivity contribution is -0.143. The van der Waals surface area contributed by atoms with Gasteiger partial charge in [-0.05, 0) is 48.6 Å². The number of rotatable bonds is 6. The number of hydrogen-bond donors (Lipinski definition) is 0. The van der Waals surface area contributed by atoms with E-state index in [0.29, 0.717) is 23.0 Å². The average Bonchev–Trinajstić information content (AvgIpc) is 2.78. The van der Waals surface area contributed by atoms with Gasteiger partial charge in [-0.1, -0.05) is 30.0 Å². The van der Waals surface area contributed by atoms with Crippen molar-refractivity contribution in [2.45, 2.75) is 31.0 Å². The molecule has 0 bridgehead atoms. The minimum atomic E-state index is -4.99. The van der Waals surface area contributed by atoms with Crippen LogP contribution in [-0.4, -0.2) is 34.1 Å². The first-order valence-corrected chi connectivity index (χ1v) is 11.2. The minimum absolute atomic E-state index is 0.0361. The number of carbonyl (C=O) groups is 1. The molecule has 3 rings (SSSR count). The molecule has 0 aliphatic rings. The highest BCUT2D eigenvalue weighted by molar-refractivity contribution is 7.98. The monoisotopic (exact) mass is 515 g/mol. The fraction of sp³-hybridized carbons (Fsp3) is 0.261. The van der Waals surface area contributed by atoms with Gasteiger partial charge in [0.1, 0.15) is 11.3 Å². The molecule has 0 atom stereocenters. The van der Waals surface area contributed by atoms with Crippen molar-refractivity contribution in [1.29, 1.82) is 0 Å². The van der Waals surface area contributed by atoms with Gasteiger partial charge in [-0.2, -0.15) is 31.3 Å². The van der Waals surface area contributed by atoms with E-state index < -0.39 is 35.9 Å². The SMILES string of the molecule is CSc1ncc(C(=O)N(C)Cc2cc(C(F)(F)F)cc(C(F)(F)F)c2)c(Oc2ccccc2C)n1. The number of para-hydroxylation sites is 1. The van der Waals surface area contributed by atoms with E-state index in [0.717, 1.165) is 10.5 Å². The molecule has 5 nitrogen and oxygen atoms in total. The first-order chi connectivity index (χ1) is 16.3. The third kappa shape index (κ3) is 6.44. The Balaban J connectivity index is 1.95. The lowest BCUT2D eigenvalue weighted by Crippen LogP contribution is -2.27. The van der Waals surface area contributed by atoms with Crippen LogP contribution in [0.4, 0.5) is 26.3 Å². The van der Waals surface area contributed by atoms with Crippen LogP contribution in [0, 0.1) is 6.92 Å². The number of aromatic nitrogens is 2. The molecule has 35 heavy (non-hydrogen) atoms. The highest BCUT2D eigenvalue weighted by atomic mass is 32.2. The number of alkyl halides is 6. The third-order valence-electron chi connectivity index (χ3n) is 4.86. The zero-order chi connectivity index (χ0) is 26.0. The fourth-order valence-electron chi connectivity index (χ4n) is 3.11. The van der Waals surface area contributed by atoms with Gasteiger partial charge in [0.2, 0.25) is 5.88 Å². The summed E-state index contributed by atoms with van der Waals surface area (Å²) in [5, 5.41) is 0.306. The van der Waals surface area contributed by atoms with E-state index in [1.807, 2.05) is 0 Å². The fourth-order valence-corrected chi connectivity index (χ4v) is 3.44. The van der Waals surface area contributed by atoms with E-state index in [4.69, 9.17) is 4.74 Å². The maximum Gasteiger partial charge on any atom is 0.416 e. The number of nitrogens with zero attached hydrogens (tertiary/aromatic N) is 3. The number of hydrogen-bond acceptors (Lipinski definition) is 5. The first kappa shape index (κ1) is 26.3. The molecule has 0 saturated carbocycles. The van der Waals surface area contributed by atoms with Gasteiger partial charge in [-0.25, -0.2) is 4.98 Å². The summed E-state index contributed by atoms with van der Waals surface area (Å²) in [6.07, 6.45) is -7.06. The molecule has 0 fully saturated rings. The van der Waals surface area contributed by atoms with Gasteiger partial charge in [0.05, 0.1) is 11.1 Å². The van der Waals surface area contributed by atoms with E-state index >= 15 is 0 Å². The van der Waals surface area contributed by atoms with E-state index in [2.05, 4.69) is 9.97 Å². The molecule has 0 spiro atoms. The summed E-state index contributed by atoms with van der Waals surface area (Å²) in [6, 6.07) is 8.15. The molecule has 12 heteroatoms. The van der Waals surface area contributed by atoms with E-state index in [9.17, 15) is 31.1 Å². The van der Waals surface area contributed by atoms with Crippen molar-refractivity contribution in [3.63, 3.8) is 0 Å². The highest BCUT2D eigenvalue weighted by Gasteiger charge is 2.37. The smallest absolute Gasteiger partial charge is 0.416 e. The van der Waals surface area contributed by atoms with Crippen molar-refractivity contribution in [3.05, 3.63) is 76.5 Å². The first-order valence-electron chi connectivity index (χ1n) is 9.98. The van der Waals surface area contributed by atoms with Crippen molar-refractivity contribution < 1.29 is 35.9 Å². The van der Waals surface area contributed by atoms with Crippen LogP contribution in [0.25, 0.3) is 0 Å². The topological polar surface area (TPSA) is 55.3 Å². The predicted octanol–water partition coefficient (Wildman–Crippen LogP) is 6.61.